The third-order valence-electron chi connectivity index (χ3n) is 1.80. The Morgan fingerprint density at radius 2 is 2.17 bits per heavy atom. The maximum absolute atomic E-state index is 5.55. The van der Waals surface area contributed by atoms with Crippen LogP contribution in [0.1, 0.15) is 20.8 Å². The van der Waals surface area contributed by atoms with Gasteiger partial charge in [-0.3, -0.25) is 0 Å². The number of halogens is 2. The first kappa shape index (κ1) is 12.7. The molecule has 0 fully saturated rings. The summed E-state index contributed by atoms with van der Waals surface area (Å²) in [5.74, 6) is 0.685. The number of rotatable bonds is 5. The van der Waals surface area contributed by atoms with Crippen LogP contribution in [0.3, 0.4) is 0 Å². The fraction of sp³-hybridized carbons (Fsp3) is 0.778. The molecule has 0 saturated carbocycles. The molecule has 1 nitrogen and oxygen atoms in total. The van der Waals surface area contributed by atoms with Gasteiger partial charge in [-0.15, -0.1) is 0 Å². The van der Waals surface area contributed by atoms with E-state index < -0.39 is 0 Å². The summed E-state index contributed by atoms with van der Waals surface area (Å²) in [5.41, 5.74) is 2.82. The Labute approximate surface area is 94.1 Å². The average Bonchev–Trinajstić information content (AvgIpc) is 2.04. The van der Waals surface area contributed by atoms with Gasteiger partial charge >= 0.3 is 0 Å². The quantitative estimate of drug-likeness (QED) is 0.607. The highest BCUT2D eigenvalue weighted by molar-refractivity contribution is 14.1. The second-order valence-corrected chi connectivity index (χ2v) is 4.44. The van der Waals surface area contributed by atoms with Crippen LogP contribution in [0.5, 0.6) is 0 Å². The van der Waals surface area contributed by atoms with E-state index in [4.69, 9.17) is 11.6 Å². The fourth-order valence-electron chi connectivity index (χ4n) is 0.799. The van der Waals surface area contributed by atoms with E-state index >= 15 is 0 Å². The molecule has 0 radical (unpaired) electrons. The van der Waals surface area contributed by atoms with Gasteiger partial charge in [0.15, 0.2) is 0 Å². The maximum Gasteiger partial charge on any atom is 0.0183 e. The van der Waals surface area contributed by atoms with E-state index in [9.17, 15) is 0 Å². The Bertz CT molecular complexity index is 145. The summed E-state index contributed by atoms with van der Waals surface area (Å²) in [7, 11) is 0. The summed E-state index contributed by atoms with van der Waals surface area (Å²) in [6.07, 6.45) is 0. The van der Waals surface area contributed by atoms with E-state index in [1.165, 1.54) is 5.57 Å². The van der Waals surface area contributed by atoms with E-state index in [0.29, 0.717) is 12.0 Å². The molecule has 12 heavy (non-hydrogen) atoms. The number of hydrogen-bond acceptors (Lipinski definition) is 1. The van der Waals surface area contributed by atoms with Gasteiger partial charge < -0.3 is 5.32 Å². The first-order chi connectivity index (χ1) is 5.61. The van der Waals surface area contributed by atoms with Gasteiger partial charge in [0.1, 0.15) is 0 Å². The molecular weight excluding hydrogens is 284 g/mol. The molecule has 1 unspecified atom stereocenters. The van der Waals surface area contributed by atoms with E-state index in [0.717, 1.165) is 11.0 Å². The van der Waals surface area contributed by atoms with Crippen molar-refractivity contribution < 1.29 is 0 Å². The van der Waals surface area contributed by atoms with Crippen molar-refractivity contribution in [2.75, 3.05) is 11.0 Å². The van der Waals surface area contributed by atoms with E-state index in [2.05, 4.69) is 41.8 Å². The molecule has 0 aliphatic rings. The lowest BCUT2D eigenvalue weighted by Crippen LogP contribution is -2.36. The molecule has 0 rings (SSSR count). The normalized spacial score (nSPS) is 15.3. The van der Waals surface area contributed by atoms with Crippen LogP contribution in [0.2, 0.25) is 0 Å². The van der Waals surface area contributed by atoms with Crippen molar-refractivity contribution in [2.45, 2.75) is 26.8 Å². The predicted molar refractivity (Wildman–Crippen MR) is 65.1 cm³/mol. The smallest absolute Gasteiger partial charge is 0.0183 e. The van der Waals surface area contributed by atoms with Crippen LogP contribution in [0.25, 0.3) is 0 Å². The van der Waals surface area contributed by atoms with Crippen LogP contribution in [-0.4, -0.2) is 17.0 Å². The molecule has 0 saturated heterocycles. The Kier molecular flexibility index (Phi) is 7.58. The highest BCUT2D eigenvalue weighted by atomic mass is 127. The third-order valence-corrected chi connectivity index (χ3v) is 3.12. The van der Waals surface area contributed by atoms with Crippen LogP contribution < -0.4 is 5.32 Å². The monoisotopic (exact) mass is 301 g/mol. The zero-order chi connectivity index (χ0) is 9.56. The molecule has 0 aliphatic carbocycles. The zero-order valence-corrected chi connectivity index (χ0v) is 10.8. The van der Waals surface area contributed by atoms with Crippen molar-refractivity contribution in [1.29, 1.82) is 0 Å². The molecule has 1 atom stereocenters. The summed E-state index contributed by atoms with van der Waals surface area (Å²) in [6.45, 7) is 7.39. The van der Waals surface area contributed by atoms with Gasteiger partial charge in [0.05, 0.1) is 0 Å². The lowest BCUT2D eigenvalue weighted by Gasteiger charge is -2.19. The second kappa shape index (κ2) is 7.15. The summed E-state index contributed by atoms with van der Waals surface area (Å²) in [5, 5.41) is 3.46. The molecule has 72 valence electrons. The third kappa shape index (κ3) is 5.38. The highest BCUT2D eigenvalue weighted by Crippen LogP contribution is 2.05. The van der Waals surface area contributed by atoms with Crippen molar-refractivity contribution in [3.8, 4) is 0 Å². The first-order valence-corrected chi connectivity index (χ1v) is 6.13. The zero-order valence-electron chi connectivity index (χ0n) is 7.90. The Morgan fingerprint density at radius 1 is 1.58 bits per heavy atom. The van der Waals surface area contributed by atoms with Gasteiger partial charge in [0.2, 0.25) is 0 Å². The molecular formula is C9H17ClIN. The van der Waals surface area contributed by atoms with E-state index in [-0.39, 0.29) is 0 Å². The van der Waals surface area contributed by atoms with Gasteiger partial charge in [-0.1, -0.05) is 48.0 Å². The molecule has 0 aromatic heterocycles. The van der Waals surface area contributed by atoms with Crippen LogP contribution >= 0.6 is 34.2 Å². The molecule has 0 aliphatic heterocycles. The average molecular weight is 302 g/mol. The van der Waals surface area contributed by atoms with E-state index in [1.807, 2.05) is 6.92 Å². The summed E-state index contributed by atoms with van der Waals surface area (Å²) >= 11 is 7.96. The molecule has 0 spiro atoms. The fourth-order valence-corrected chi connectivity index (χ4v) is 2.20. The van der Waals surface area contributed by atoms with E-state index in [1.54, 1.807) is 5.54 Å². The minimum atomic E-state index is 0.595. The maximum atomic E-state index is 5.55. The minimum Gasteiger partial charge on any atom is -0.309 e. The molecule has 0 amide bonds. The molecule has 0 aromatic carbocycles. The minimum absolute atomic E-state index is 0.595. The predicted octanol–water partition coefficient (Wildman–Crippen LogP) is 3.18. The second-order valence-electron chi connectivity index (χ2n) is 3.34. The Morgan fingerprint density at radius 3 is 2.50 bits per heavy atom. The molecule has 0 bridgehead atoms. The molecule has 0 aromatic rings. The Hall–Kier alpha value is 0.720. The molecule has 0 heterocycles. The number of alkyl halides is 1. The van der Waals surface area contributed by atoms with Crippen molar-refractivity contribution >= 4 is 34.2 Å². The van der Waals surface area contributed by atoms with Gasteiger partial charge in [0.25, 0.3) is 0 Å². The van der Waals surface area contributed by atoms with Crippen LogP contribution in [-0.2, 0) is 0 Å². The van der Waals surface area contributed by atoms with Gasteiger partial charge in [-0.2, -0.15) is 0 Å². The lowest BCUT2D eigenvalue weighted by molar-refractivity contribution is 0.452. The van der Waals surface area contributed by atoms with Gasteiger partial charge in [-0.25, -0.2) is 0 Å². The largest absolute Gasteiger partial charge is 0.309 e. The summed E-state index contributed by atoms with van der Waals surface area (Å²) < 4.78 is 1.14. The standard InChI is InChI=1S/C9H17ClIN/c1-7(2)9(5-11)12-6-8(3)4-10/h4,7,9,12H,5-6H2,1-3H3. The van der Waals surface area contributed by atoms with Crippen molar-refractivity contribution in [3.05, 3.63) is 11.1 Å². The highest BCUT2D eigenvalue weighted by Gasteiger charge is 2.09. The van der Waals surface area contributed by atoms with Crippen molar-refractivity contribution in [1.82, 2.24) is 5.32 Å². The van der Waals surface area contributed by atoms with Gasteiger partial charge in [0, 0.05) is 22.5 Å². The topological polar surface area (TPSA) is 12.0 Å². The summed E-state index contributed by atoms with van der Waals surface area (Å²) in [4.78, 5) is 0. The van der Waals surface area contributed by atoms with Crippen LogP contribution in [0.15, 0.2) is 11.1 Å². The first-order valence-electron chi connectivity index (χ1n) is 4.17. The van der Waals surface area contributed by atoms with Crippen molar-refractivity contribution in [2.24, 2.45) is 5.92 Å². The Balaban J connectivity index is 3.73. The molecule has 3 heteroatoms. The lowest BCUT2D eigenvalue weighted by atomic mass is 10.1. The SMILES string of the molecule is CC(=CCl)CNC(CI)C(C)C. The van der Waals surface area contributed by atoms with Crippen LogP contribution in [0.4, 0.5) is 0 Å². The molecule has 1 N–H and O–H groups in total. The number of nitrogens with one attached hydrogen (secondary N) is 1. The number of hydrogen-bond donors (Lipinski definition) is 1. The summed E-state index contributed by atoms with van der Waals surface area (Å²) in [6, 6.07) is 0.595. The van der Waals surface area contributed by atoms with Crippen LogP contribution in [0, 0.1) is 5.92 Å². The van der Waals surface area contributed by atoms with Crippen molar-refractivity contribution in [3.63, 3.8) is 0 Å². The van der Waals surface area contributed by atoms with Gasteiger partial charge in [-0.05, 0) is 18.4 Å².